The van der Waals surface area contributed by atoms with E-state index in [4.69, 9.17) is 4.74 Å². The molecule has 35 heavy (non-hydrogen) atoms. The number of anilines is 1. The maximum absolute atomic E-state index is 13.2. The van der Waals surface area contributed by atoms with Crippen molar-refractivity contribution in [1.29, 1.82) is 5.26 Å². The Balaban J connectivity index is 1.71. The van der Waals surface area contributed by atoms with Crippen LogP contribution in [-0.2, 0) is 5.41 Å². The summed E-state index contributed by atoms with van der Waals surface area (Å²) in [5, 5.41) is 22.4. The Bertz CT molecular complexity index is 1350. The fourth-order valence-electron chi connectivity index (χ4n) is 4.41. The summed E-state index contributed by atoms with van der Waals surface area (Å²) in [4.78, 5) is 24.9. The van der Waals surface area contributed by atoms with Crippen molar-refractivity contribution in [3.8, 4) is 11.8 Å². The van der Waals surface area contributed by atoms with Gasteiger partial charge in [0, 0.05) is 11.3 Å². The van der Waals surface area contributed by atoms with E-state index in [0.29, 0.717) is 17.0 Å². The number of hydrogen-bond acceptors (Lipinski definition) is 5. The van der Waals surface area contributed by atoms with Gasteiger partial charge >= 0.3 is 5.97 Å². The van der Waals surface area contributed by atoms with Gasteiger partial charge in [-0.1, -0.05) is 42.5 Å². The summed E-state index contributed by atoms with van der Waals surface area (Å²) in [7, 11) is 0. The Hall–Kier alpha value is -4.11. The van der Waals surface area contributed by atoms with E-state index in [2.05, 4.69) is 11.4 Å². The van der Waals surface area contributed by atoms with Gasteiger partial charge in [-0.2, -0.15) is 5.26 Å². The minimum absolute atomic E-state index is 0.00992. The molecule has 2 unspecified atom stereocenters. The number of ether oxygens (including phenoxy) is 1. The summed E-state index contributed by atoms with van der Waals surface area (Å²) in [6.45, 7) is 7.56. The van der Waals surface area contributed by atoms with Crippen molar-refractivity contribution in [3.05, 3.63) is 94.0 Å². The second-order valence-electron chi connectivity index (χ2n) is 9.54. The van der Waals surface area contributed by atoms with Crippen molar-refractivity contribution < 1.29 is 19.4 Å². The number of nitrogens with one attached hydrogen (secondary N) is 1. The number of Topliss-reactive ketones (excluding diaryl/α,β-unsaturated/α-hetero) is 1. The number of rotatable bonds is 6. The number of ketones is 1. The fraction of sp³-hybridized carbons (Fsp3) is 0.276. The summed E-state index contributed by atoms with van der Waals surface area (Å²) >= 11 is 0. The van der Waals surface area contributed by atoms with E-state index in [9.17, 15) is 20.0 Å². The second kappa shape index (κ2) is 9.27. The van der Waals surface area contributed by atoms with Crippen LogP contribution in [0.4, 0.5) is 5.69 Å². The Morgan fingerprint density at radius 1 is 1.17 bits per heavy atom. The highest BCUT2D eigenvalue weighted by Crippen LogP contribution is 2.41. The molecule has 4 rings (SSSR count). The molecule has 0 aliphatic carbocycles. The van der Waals surface area contributed by atoms with Crippen LogP contribution in [0.2, 0.25) is 0 Å². The minimum atomic E-state index is -1.02. The van der Waals surface area contributed by atoms with Gasteiger partial charge in [0.25, 0.3) is 0 Å². The van der Waals surface area contributed by atoms with Gasteiger partial charge in [-0.3, -0.25) is 4.79 Å². The predicted octanol–water partition coefficient (Wildman–Crippen LogP) is 6.37. The van der Waals surface area contributed by atoms with Crippen LogP contribution in [0.25, 0.3) is 0 Å². The third kappa shape index (κ3) is 4.76. The molecule has 0 saturated heterocycles. The van der Waals surface area contributed by atoms with Crippen LogP contribution in [0.1, 0.15) is 82.3 Å². The number of carbonyl (C=O) groups is 2. The molecule has 3 aromatic carbocycles. The number of aryl methyl sites for hydroxylation is 1. The summed E-state index contributed by atoms with van der Waals surface area (Å²) in [6, 6.07) is 20.2. The average molecular weight is 469 g/mol. The van der Waals surface area contributed by atoms with Gasteiger partial charge in [-0.25, -0.2) is 4.79 Å². The smallest absolute Gasteiger partial charge is 0.337 e. The topological polar surface area (TPSA) is 99.4 Å². The number of hydrogen-bond donors (Lipinski definition) is 2. The molecule has 0 saturated carbocycles. The molecule has 1 aliphatic heterocycles. The van der Waals surface area contributed by atoms with E-state index in [1.165, 1.54) is 0 Å². The highest BCUT2D eigenvalue weighted by Gasteiger charge is 2.32. The van der Waals surface area contributed by atoms with Crippen LogP contribution in [0.15, 0.2) is 60.7 Å². The lowest BCUT2D eigenvalue weighted by molar-refractivity contribution is 0.0697. The third-order valence-electron chi connectivity index (χ3n) is 6.45. The second-order valence-corrected chi connectivity index (χ2v) is 9.54. The predicted molar refractivity (Wildman–Crippen MR) is 134 cm³/mol. The first-order chi connectivity index (χ1) is 16.6. The summed E-state index contributed by atoms with van der Waals surface area (Å²) < 4.78 is 6.45. The van der Waals surface area contributed by atoms with E-state index in [1.807, 2.05) is 64.1 Å². The summed E-state index contributed by atoms with van der Waals surface area (Å²) in [5.74, 6) is -0.517. The normalized spacial score (nSPS) is 16.0. The SMILES string of the molecule is Cc1cc2c(c(C(C)Nc3ccccc3C(=O)O)c1)OC(c1cccc(C(C)(C)C#N)c1)CC2=O. The van der Waals surface area contributed by atoms with Gasteiger partial charge in [0.05, 0.1) is 35.1 Å². The van der Waals surface area contributed by atoms with E-state index in [0.717, 1.165) is 22.3 Å². The first kappa shape index (κ1) is 24.0. The zero-order valence-electron chi connectivity index (χ0n) is 20.3. The standard InChI is InChI=1S/C29H28N2O4/c1-17-12-22(18(2)31-24-11-6-5-10-21(24)28(33)34)27-23(13-17)25(32)15-26(35-27)19-8-7-9-20(14-19)29(3,4)16-30/h5-14,18,26,31H,15H2,1-4H3,(H,33,34). The van der Waals surface area contributed by atoms with Gasteiger partial charge in [-0.05, 0) is 62.6 Å². The molecule has 2 atom stereocenters. The number of fused-ring (bicyclic) bond motifs is 1. The number of nitriles is 1. The Morgan fingerprint density at radius 3 is 2.63 bits per heavy atom. The molecule has 0 fully saturated rings. The highest BCUT2D eigenvalue weighted by atomic mass is 16.5. The van der Waals surface area contributed by atoms with Crippen LogP contribution in [0.5, 0.6) is 5.75 Å². The zero-order chi connectivity index (χ0) is 25.3. The molecule has 1 aliphatic rings. The fourth-order valence-corrected chi connectivity index (χ4v) is 4.41. The van der Waals surface area contributed by atoms with Crippen molar-refractivity contribution in [2.45, 2.75) is 51.7 Å². The lowest BCUT2D eigenvalue weighted by Gasteiger charge is -2.30. The van der Waals surface area contributed by atoms with Crippen molar-refractivity contribution in [2.75, 3.05) is 5.32 Å². The van der Waals surface area contributed by atoms with Gasteiger partial charge in [0.15, 0.2) is 5.78 Å². The number of carbonyl (C=O) groups excluding carboxylic acids is 1. The molecule has 178 valence electrons. The Labute approximate surface area is 205 Å². The molecule has 0 radical (unpaired) electrons. The van der Waals surface area contributed by atoms with Gasteiger partial charge in [-0.15, -0.1) is 0 Å². The number of carboxylic acids is 1. The quantitative estimate of drug-likeness (QED) is 0.436. The number of nitrogens with zero attached hydrogens (tertiary/aromatic N) is 1. The molecule has 6 nitrogen and oxygen atoms in total. The van der Waals surface area contributed by atoms with Crippen molar-refractivity contribution in [2.24, 2.45) is 0 Å². The number of carboxylic acid groups (broad SMARTS) is 1. The van der Waals surface area contributed by atoms with Gasteiger partial charge < -0.3 is 15.2 Å². The first-order valence-corrected chi connectivity index (χ1v) is 11.6. The molecule has 1 heterocycles. The summed E-state index contributed by atoms with van der Waals surface area (Å²) in [6.07, 6.45) is -0.278. The lowest BCUT2D eigenvalue weighted by atomic mass is 9.84. The molecule has 0 aromatic heterocycles. The maximum Gasteiger partial charge on any atom is 0.337 e. The lowest BCUT2D eigenvalue weighted by Crippen LogP contribution is -2.24. The minimum Gasteiger partial charge on any atom is -0.484 e. The van der Waals surface area contributed by atoms with Gasteiger partial charge in [0.1, 0.15) is 11.9 Å². The van der Waals surface area contributed by atoms with Crippen molar-refractivity contribution >= 4 is 17.4 Å². The van der Waals surface area contributed by atoms with Crippen LogP contribution >= 0.6 is 0 Å². The highest BCUT2D eigenvalue weighted by molar-refractivity contribution is 6.01. The van der Waals surface area contributed by atoms with Crippen LogP contribution < -0.4 is 10.1 Å². The van der Waals surface area contributed by atoms with Crippen molar-refractivity contribution in [3.63, 3.8) is 0 Å². The maximum atomic E-state index is 13.2. The molecular formula is C29H28N2O4. The monoisotopic (exact) mass is 468 g/mol. The van der Waals surface area contributed by atoms with E-state index in [1.54, 1.807) is 24.3 Å². The van der Waals surface area contributed by atoms with E-state index in [-0.39, 0.29) is 23.8 Å². The van der Waals surface area contributed by atoms with Crippen LogP contribution in [0, 0.1) is 18.3 Å². The number of aromatic carboxylic acids is 1. The number of para-hydroxylation sites is 1. The third-order valence-corrected chi connectivity index (χ3v) is 6.45. The van der Waals surface area contributed by atoms with Crippen LogP contribution in [-0.4, -0.2) is 16.9 Å². The molecule has 0 spiro atoms. The molecular weight excluding hydrogens is 440 g/mol. The summed E-state index contributed by atoms with van der Waals surface area (Å²) in [5.41, 5.74) is 3.95. The molecule has 6 heteroatoms. The van der Waals surface area contributed by atoms with Crippen LogP contribution in [0.3, 0.4) is 0 Å². The number of benzene rings is 3. The molecule has 3 aromatic rings. The van der Waals surface area contributed by atoms with E-state index >= 15 is 0 Å². The Kier molecular flexibility index (Phi) is 6.36. The van der Waals surface area contributed by atoms with Gasteiger partial charge in [0.2, 0.25) is 0 Å². The first-order valence-electron chi connectivity index (χ1n) is 11.6. The van der Waals surface area contributed by atoms with E-state index < -0.39 is 17.5 Å². The zero-order valence-corrected chi connectivity index (χ0v) is 20.3. The van der Waals surface area contributed by atoms with Crippen molar-refractivity contribution in [1.82, 2.24) is 0 Å². The average Bonchev–Trinajstić information content (AvgIpc) is 2.84. The Morgan fingerprint density at radius 2 is 1.91 bits per heavy atom. The molecule has 0 amide bonds. The molecule has 0 bridgehead atoms. The largest absolute Gasteiger partial charge is 0.484 e. The molecule has 2 N–H and O–H groups in total.